The molecule has 138 valence electrons. The van der Waals surface area contributed by atoms with E-state index in [2.05, 4.69) is 13.0 Å². The Kier molecular flexibility index (Phi) is 15.6. The van der Waals surface area contributed by atoms with E-state index in [-0.39, 0.29) is 0 Å². The molecule has 0 atom stereocenters. The number of rotatable bonds is 15. The summed E-state index contributed by atoms with van der Waals surface area (Å²) in [5.41, 5.74) is 1.21. The number of unbranched alkanes of at least 4 members (excludes halogenated alkanes) is 11. The average Bonchev–Trinajstić information content (AvgIpc) is 2.57. The third-order valence-electron chi connectivity index (χ3n) is 4.48. The SMILES string of the molecule is CCCCCCCCCCCCCC=CC=CC(C)=C(C)C(=O)O. The third kappa shape index (κ3) is 14.3. The van der Waals surface area contributed by atoms with Crippen LogP contribution in [0.5, 0.6) is 0 Å². The van der Waals surface area contributed by atoms with Gasteiger partial charge in [-0.05, 0) is 32.3 Å². The molecule has 2 nitrogen and oxygen atoms in total. The highest BCUT2D eigenvalue weighted by molar-refractivity contribution is 5.87. The number of hydrogen-bond acceptors (Lipinski definition) is 1. The molecule has 0 unspecified atom stereocenters. The summed E-state index contributed by atoms with van der Waals surface area (Å²) in [5, 5.41) is 8.87. The Labute approximate surface area is 149 Å². The van der Waals surface area contributed by atoms with Crippen LogP contribution in [0.2, 0.25) is 0 Å². The van der Waals surface area contributed by atoms with Crippen molar-refractivity contribution >= 4 is 5.97 Å². The van der Waals surface area contributed by atoms with Crippen molar-refractivity contribution < 1.29 is 9.90 Å². The molecule has 0 aliphatic heterocycles. The van der Waals surface area contributed by atoms with Crippen LogP contribution in [-0.2, 0) is 4.79 Å². The largest absolute Gasteiger partial charge is 0.478 e. The van der Waals surface area contributed by atoms with Crippen LogP contribution in [0.15, 0.2) is 35.5 Å². The zero-order valence-electron chi connectivity index (χ0n) is 16.2. The Balaban J connectivity index is 3.47. The molecule has 24 heavy (non-hydrogen) atoms. The summed E-state index contributed by atoms with van der Waals surface area (Å²) in [6.45, 7) is 5.73. The Morgan fingerprint density at radius 2 is 1.29 bits per heavy atom. The van der Waals surface area contributed by atoms with E-state index in [1.165, 1.54) is 70.6 Å². The predicted octanol–water partition coefficient (Wildman–Crippen LogP) is 7.22. The van der Waals surface area contributed by atoms with Crippen molar-refractivity contribution in [2.75, 3.05) is 0 Å². The lowest BCUT2D eigenvalue weighted by atomic mass is 10.1. The van der Waals surface area contributed by atoms with Crippen LogP contribution in [-0.4, -0.2) is 11.1 Å². The molecule has 1 N–H and O–H groups in total. The van der Waals surface area contributed by atoms with E-state index >= 15 is 0 Å². The first-order valence-corrected chi connectivity index (χ1v) is 9.83. The first-order chi connectivity index (χ1) is 11.6. The molecule has 0 saturated heterocycles. The van der Waals surface area contributed by atoms with Crippen LogP contribution >= 0.6 is 0 Å². The van der Waals surface area contributed by atoms with Gasteiger partial charge in [-0.15, -0.1) is 0 Å². The van der Waals surface area contributed by atoms with Gasteiger partial charge in [-0.3, -0.25) is 0 Å². The number of aliphatic carboxylic acids is 1. The molecule has 0 radical (unpaired) electrons. The molecule has 0 aromatic rings. The van der Waals surface area contributed by atoms with Crippen LogP contribution in [0.1, 0.15) is 97.8 Å². The predicted molar refractivity (Wildman–Crippen MR) is 105 cm³/mol. The van der Waals surface area contributed by atoms with Crippen LogP contribution < -0.4 is 0 Å². The Morgan fingerprint density at radius 3 is 1.79 bits per heavy atom. The standard InChI is InChI=1S/C22H38O2/c1-4-5-6-7-8-9-10-11-12-13-14-15-16-17-18-19-20(2)21(3)22(23)24/h16-19H,4-15H2,1-3H3,(H,23,24). The lowest BCUT2D eigenvalue weighted by Crippen LogP contribution is -1.97. The molecule has 0 fully saturated rings. The van der Waals surface area contributed by atoms with E-state index < -0.39 is 5.97 Å². The van der Waals surface area contributed by atoms with Gasteiger partial charge in [-0.25, -0.2) is 4.79 Å². The molecule has 0 aliphatic rings. The number of allylic oxidation sites excluding steroid dienone is 5. The number of carboxylic acids is 1. The second-order valence-electron chi connectivity index (χ2n) is 6.72. The second kappa shape index (κ2) is 16.5. The van der Waals surface area contributed by atoms with Gasteiger partial charge >= 0.3 is 5.97 Å². The highest BCUT2D eigenvalue weighted by Crippen LogP contribution is 2.12. The Morgan fingerprint density at radius 1 is 0.792 bits per heavy atom. The van der Waals surface area contributed by atoms with Crippen molar-refractivity contribution in [3.63, 3.8) is 0 Å². The van der Waals surface area contributed by atoms with Crippen molar-refractivity contribution in [2.45, 2.75) is 97.8 Å². The normalized spacial score (nSPS) is 13.0. The lowest BCUT2D eigenvalue weighted by Gasteiger charge is -2.01. The molecule has 0 aliphatic carbocycles. The summed E-state index contributed by atoms with van der Waals surface area (Å²) in [5.74, 6) is -0.845. The van der Waals surface area contributed by atoms with Gasteiger partial charge in [0.15, 0.2) is 0 Å². The smallest absolute Gasteiger partial charge is 0.331 e. The fourth-order valence-corrected chi connectivity index (χ4v) is 2.59. The average molecular weight is 335 g/mol. The summed E-state index contributed by atoms with van der Waals surface area (Å²) >= 11 is 0. The lowest BCUT2D eigenvalue weighted by molar-refractivity contribution is -0.132. The van der Waals surface area contributed by atoms with Crippen LogP contribution in [0.4, 0.5) is 0 Å². The summed E-state index contributed by atoms with van der Waals surface area (Å²) in [6, 6.07) is 0. The number of carbonyl (C=O) groups is 1. The molecule has 0 heterocycles. The zero-order chi connectivity index (χ0) is 18.0. The molecule has 0 rings (SSSR count). The van der Waals surface area contributed by atoms with Crippen molar-refractivity contribution in [1.29, 1.82) is 0 Å². The molecule has 0 aromatic carbocycles. The number of carboxylic acid groups (broad SMARTS) is 1. The van der Waals surface area contributed by atoms with E-state index in [9.17, 15) is 4.79 Å². The topological polar surface area (TPSA) is 37.3 Å². The van der Waals surface area contributed by atoms with Crippen LogP contribution in [0, 0.1) is 0 Å². The van der Waals surface area contributed by atoms with Gasteiger partial charge in [0.05, 0.1) is 0 Å². The zero-order valence-corrected chi connectivity index (χ0v) is 16.2. The van der Waals surface area contributed by atoms with Gasteiger partial charge in [-0.1, -0.05) is 95.4 Å². The van der Waals surface area contributed by atoms with Gasteiger partial charge in [0, 0.05) is 5.57 Å². The Bertz CT molecular complexity index is 402. The summed E-state index contributed by atoms with van der Waals surface area (Å²) in [6.07, 6.45) is 24.2. The van der Waals surface area contributed by atoms with E-state index in [0.717, 1.165) is 12.0 Å². The van der Waals surface area contributed by atoms with Crippen molar-refractivity contribution in [3.8, 4) is 0 Å². The van der Waals surface area contributed by atoms with Crippen molar-refractivity contribution in [3.05, 3.63) is 35.5 Å². The minimum absolute atomic E-state index is 0.407. The van der Waals surface area contributed by atoms with Crippen molar-refractivity contribution in [2.24, 2.45) is 0 Å². The highest BCUT2D eigenvalue weighted by Gasteiger charge is 2.01. The van der Waals surface area contributed by atoms with Gasteiger partial charge in [0.25, 0.3) is 0 Å². The maximum atomic E-state index is 10.8. The summed E-state index contributed by atoms with van der Waals surface area (Å²) in [7, 11) is 0. The highest BCUT2D eigenvalue weighted by atomic mass is 16.4. The van der Waals surface area contributed by atoms with Crippen LogP contribution in [0.3, 0.4) is 0 Å². The molecular formula is C22H38O2. The fourth-order valence-electron chi connectivity index (χ4n) is 2.59. The van der Waals surface area contributed by atoms with E-state index in [1.807, 2.05) is 25.2 Å². The van der Waals surface area contributed by atoms with E-state index in [1.54, 1.807) is 6.92 Å². The fraction of sp³-hybridized carbons (Fsp3) is 0.682. The summed E-state index contributed by atoms with van der Waals surface area (Å²) in [4.78, 5) is 10.8. The summed E-state index contributed by atoms with van der Waals surface area (Å²) < 4.78 is 0. The van der Waals surface area contributed by atoms with Gasteiger partial charge < -0.3 is 5.11 Å². The molecule has 0 bridgehead atoms. The molecule has 0 amide bonds. The maximum absolute atomic E-state index is 10.8. The molecule has 0 aromatic heterocycles. The van der Waals surface area contributed by atoms with E-state index in [0.29, 0.717) is 5.57 Å². The molecule has 2 heteroatoms. The minimum atomic E-state index is -0.845. The molecule has 0 saturated carbocycles. The van der Waals surface area contributed by atoms with E-state index in [4.69, 9.17) is 5.11 Å². The first-order valence-electron chi connectivity index (χ1n) is 9.83. The van der Waals surface area contributed by atoms with Gasteiger partial charge in [-0.2, -0.15) is 0 Å². The van der Waals surface area contributed by atoms with Crippen LogP contribution in [0.25, 0.3) is 0 Å². The number of hydrogen-bond donors (Lipinski definition) is 1. The first kappa shape index (κ1) is 22.7. The maximum Gasteiger partial charge on any atom is 0.331 e. The Hall–Kier alpha value is -1.31. The second-order valence-corrected chi connectivity index (χ2v) is 6.72. The van der Waals surface area contributed by atoms with Gasteiger partial charge in [0.2, 0.25) is 0 Å². The minimum Gasteiger partial charge on any atom is -0.478 e. The quantitative estimate of drug-likeness (QED) is 0.195. The molecule has 0 spiro atoms. The van der Waals surface area contributed by atoms with Gasteiger partial charge in [0.1, 0.15) is 0 Å². The van der Waals surface area contributed by atoms with Crippen molar-refractivity contribution in [1.82, 2.24) is 0 Å². The molecular weight excluding hydrogens is 296 g/mol. The third-order valence-corrected chi connectivity index (χ3v) is 4.48. The monoisotopic (exact) mass is 334 g/mol.